The number of nitrogens with zero attached hydrogens (tertiary/aromatic N) is 1. The first-order valence-corrected chi connectivity index (χ1v) is 7.61. The molecule has 1 heterocycles. The minimum absolute atomic E-state index is 0.207. The van der Waals surface area contributed by atoms with Crippen molar-refractivity contribution < 1.29 is 23.8 Å². The molecule has 1 aromatic heterocycles. The fraction of sp³-hybridized carbons (Fsp3) is 0.158. The molecule has 1 N–H and O–H groups in total. The monoisotopic (exact) mass is 339 g/mol. The van der Waals surface area contributed by atoms with Crippen LogP contribution < -0.4 is 9.47 Å². The molecule has 0 aliphatic rings. The predicted molar refractivity (Wildman–Crippen MR) is 93.7 cm³/mol. The molecule has 25 heavy (non-hydrogen) atoms. The number of hydrogen-bond donors (Lipinski definition) is 1. The van der Waals surface area contributed by atoms with Gasteiger partial charge in [-0.05, 0) is 35.9 Å². The second kappa shape index (κ2) is 7.09. The van der Waals surface area contributed by atoms with Gasteiger partial charge in [-0.3, -0.25) is 4.79 Å². The van der Waals surface area contributed by atoms with Gasteiger partial charge in [-0.2, -0.15) is 0 Å². The van der Waals surface area contributed by atoms with E-state index in [9.17, 15) is 9.90 Å². The third kappa shape index (κ3) is 3.63. The molecule has 0 fully saturated rings. The van der Waals surface area contributed by atoms with Crippen LogP contribution in [0.15, 0.2) is 46.9 Å². The Labute approximate surface area is 144 Å². The number of carboxylic acids is 1. The first-order valence-electron chi connectivity index (χ1n) is 7.61. The topological polar surface area (TPSA) is 81.8 Å². The van der Waals surface area contributed by atoms with Gasteiger partial charge in [0.25, 0.3) is 0 Å². The number of para-hydroxylation sites is 2. The van der Waals surface area contributed by atoms with Crippen molar-refractivity contribution >= 4 is 28.7 Å². The zero-order chi connectivity index (χ0) is 17.8. The number of hydrogen-bond acceptors (Lipinski definition) is 5. The van der Waals surface area contributed by atoms with E-state index < -0.39 is 5.97 Å². The minimum atomic E-state index is -0.964. The molecule has 0 aliphatic heterocycles. The summed E-state index contributed by atoms with van der Waals surface area (Å²) in [6.07, 6.45) is 1.52. The molecule has 6 nitrogen and oxygen atoms in total. The van der Waals surface area contributed by atoms with Crippen molar-refractivity contribution in [1.82, 2.24) is 4.98 Å². The maximum Gasteiger partial charge on any atom is 0.308 e. The summed E-state index contributed by atoms with van der Waals surface area (Å²) in [5, 5.41) is 9.23. The molecule has 6 heteroatoms. The minimum Gasteiger partial charge on any atom is -0.493 e. The summed E-state index contributed by atoms with van der Waals surface area (Å²) in [6, 6.07) is 12.6. The van der Waals surface area contributed by atoms with Gasteiger partial charge >= 0.3 is 5.97 Å². The highest BCUT2D eigenvalue weighted by molar-refractivity contribution is 5.91. The van der Waals surface area contributed by atoms with Crippen molar-refractivity contribution in [1.29, 1.82) is 0 Å². The number of fused-ring (bicyclic) bond motifs is 1. The first-order chi connectivity index (χ1) is 12.1. The van der Waals surface area contributed by atoms with Gasteiger partial charge < -0.3 is 19.0 Å². The van der Waals surface area contributed by atoms with Crippen molar-refractivity contribution in [2.75, 3.05) is 14.2 Å². The number of rotatable bonds is 6. The van der Waals surface area contributed by atoms with Crippen molar-refractivity contribution in [3.8, 4) is 11.5 Å². The highest BCUT2D eigenvalue weighted by atomic mass is 16.5. The smallest absolute Gasteiger partial charge is 0.308 e. The van der Waals surface area contributed by atoms with Crippen LogP contribution in [0, 0.1) is 0 Å². The molecule has 0 radical (unpaired) electrons. The van der Waals surface area contributed by atoms with Gasteiger partial charge in [-0.1, -0.05) is 18.2 Å². The fourth-order valence-corrected chi connectivity index (χ4v) is 2.50. The molecular formula is C19H17NO5. The molecule has 0 atom stereocenters. The molecule has 0 saturated carbocycles. The molecule has 0 aliphatic carbocycles. The molecule has 0 amide bonds. The van der Waals surface area contributed by atoms with Gasteiger partial charge in [0.1, 0.15) is 5.52 Å². The van der Waals surface area contributed by atoms with Crippen LogP contribution in [0.3, 0.4) is 0 Å². The van der Waals surface area contributed by atoms with Crippen LogP contribution in [-0.4, -0.2) is 30.3 Å². The molecule has 128 valence electrons. The summed E-state index contributed by atoms with van der Waals surface area (Å²) in [4.78, 5) is 15.6. The summed E-state index contributed by atoms with van der Waals surface area (Å²) in [5.74, 6) is 0.483. The number of ether oxygens (including phenoxy) is 2. The Hall–Kier alpha value is -3.28. The lowest BCUT2D eigenvalue weighted by molar-refractivity contribution is -0.135. The fourth-order valence-electron chi connectivity index (χ4n) is 2.50. The van der Waals surface area contributed by atoms with E-state index in [4.69, 9.17) is 13.9 Å². The average Bonchev–Trinajstić information content (AvgIpc) is 3.04. The average molecular weight is 339 g/mol. The van der Waals surface area contributed by atoms with Gasteiger partial charge in [-0.15, -0.1) is 0 Å². The van der Waals surface area contributed by atoms with Crippen molar-refractivity contribution in [2.24, 2.45) is 0 Å². The number of carboxylic acid groups (broad SMARTS) is 1. The highest BCUT2D eigenvalue weighted by Gasteiger charge is 2.15. The number of aliphatic carboxylic acids is 1. The van der Waals surface area contributed by atoms with Crippen LogP contribution in [0.25, 0.3) is 22.7 Å². The van der Waals surface area contributed by atoms with Crippen LogP contribution >= 0.6 is 0 Å². The van der Waals surface area contributed by atoms with Crippen molar-refractivity contribution in [3.05, 3.63) is 53.9 Å². The van der Waals surface area contributed by atoms with Crippen molar-refractivity contribution in [3.63, 3.8) is 0 Å². The van der Waals surface area contributed by atoms with Crippen LogP contribution in [0.2, 0.25) is 0 Å². The van der Waals surface area contributed by atoms with Crippen LogP contribution in [-0.2, 0) is 4.79 Å². The highest BCUT2D eigenvalue weighted by Crippen LogP contribution is 2.30. The molecule has 2 aromatic carbocycles. The van der Waals surface area contributed by atoms with E-state index in [1.54, 1.807) is 38.5 Å². The standard InChI is InChI=1S/C19H17NO5/c1-23-16-8-7-12(10-17(16)24-2)9-13(11-18(21)22)19-20-14-5-3-4-6-15(14)25-19/h3-10H,11H2,1-2H3,(H,21,22)/b13-9+. The zero-order valence-electron chi connectivity index (χ0n) is 13.9. The summed E-state index contributed by atoms with van der Waals surface area (Å²) >= 11 is 0. The molecule has 0 unspecified atom stereocenters. The second-order valence-corrected chi connectivity index (χ2v) is 5.34. The quantitative estimate of drug-likeness (QED) is 0.734. The molecule has 0 bridgehead atoms. The van der Waals surface area contributed by atoms with Crippen LogP contribution in [0.4, 0.5) is 0 Å². The van der Waals surface area contributed by atoms with Crippen molar-refractivity contribution in [2.45, 2.75) is 6.42 Å². The Morgan fingerprint density at radius 2 is 1.92 bits per heavy atom. The number of oxazole rings is 1. The normalized spacial score (nSPS) is 11.5. The van der Waals surface area contributed by atoms with E-state index >= 15 is 0 Å². The molecule has 3 aromatic rings. The Kier molecular flexibility index (Phi) is 4.70. The largest absolute Gasteiger partial charge is 0.493 e. The van der Waals surface area contributed by atoms with Gasteiger partial charge in [-0.25, -0.2) is 4.98 Å². The second-order valence-electron chi connectivity index (χ2n) is 5.34. The summed E-state index contributed by atoms with van der Waals surface area (Å²) in [6.45, 7) is 0. The SMILES string of the molecule is COc1ccc(/C=C(\CC(=O)O)c2nc3ccccc3o2)cc1OC. The predicted octanol–water partition coefficient (Wildman–Crippen LogP) is 3.86. The van der Waals surface area contributed by atoms with Gasteiger partial charge in [0.05, 0.1) is 20.6 Å². The zero-order valence-corrected chi connectivity index (χ0v) is 13.9. The van der Waals surface area contributed by atoms with Crippen LogP contribution in [0.1, 0.15) is 17.9 Å². The van der Waals surface area contributed by atoms with E-state index in [0.717, 1.165) is 5.56 Å². The lowest BCUT2D eigenvalue weighted by atomic mass is 10.1. The molecule has 0 spiro atoms. The molecule has 3 rings (SSSR count). The molecular weight excluding hydrogens is 322 g/mol. The Morgan fingerprint density at radius 3 is 2.60 bits per heavy atom. The molecule has 0 saturated heterocycles. The number of benzene rings is 2. The summed E-state index contributed by atoms with van der Waals surface area (Å²) in [7, 11) is 3.10. The van der Waals surface area contributed by atoms with E-state index in [-0.39, 0.29) is 6.42 Å². The number of aromatic nitrogens is 1. The number of carbonyl (C=O) groups is 1. The van der Waals surface area contributed by atoms with E-state index in [2.05, 4.69) is 4.98 Å². The Morgan fingerprint density at radius 1 is 1.16 bits per heavy atom. The Bertz CT molecular complexity index is 909. The van der Waals surface area contributed by atoms with Crippen LogP contribution in [0.5, 0.6) is 11.5 Å². The maximum atomic E-state index is 11.3. The lowest BCUT2D eigenvalue weighted by Crippen LogP contribution is -1.97. The van der Waals surface area contributed by atoms with E-state index in [1.807, 2.05) is 24.3 Å². The van der Waals surface area contributed by atoms with Gasteiger partial charge in [0.15, 0.2) is 17.1 Å². The third-order valence-electron chi connectivity index (χ3n) is 3.66. The Balaban J connectivity index is 2.06. The maximum absolute atomic E-state index is 11.3. The number of methoxy groups -OCH3 is 2. The lowest BCUT2D eigenvalue weighted by Gasteiger charge is -2.08. The van der Waals surface area contributed by atoms with Gasteiger partial charge in [0.2, 0.25) is 5.89 Å². The van der Waals surface area contributed by atoms with E-state index in [0.29, 0.717) is 34.1 Å². The summed E-state index contributed by atoms with van der Waals surface area (Å²) < 4.78 is 16.2. The summed E-state index contributed by atoms with van der Waals surface area (Å²) in [5.41, 5.74) is 2.52. The van der Waals surface area contributed by atoms with E-state index in [1.165, 1.54) is 0 Å². The first kappa shape index (κ1) is 16.6. The van der Waals surface area contributed by atoms with Gasteiger partial charge in [0, 0.05) is 5.57 Å². The third-order valence-corrected chi connectivity index (χ3v) is 3.66.